The first-order valence-corrected chi connectivity index (χ1v) is 9.08. The molecule has 1 aromatic carbocycles. The molecule has 0 saturated carbocycles. The van der Waals surface area contributed by atoms with E-state index in [4.69, 9.17) is 10.8 Å². The van der Waals surface area contributed by atoms with Gasteiger partial charge >= 0.3 is 0 Å². The van der Waals surface area contributed by atoms with Gasteiger partial charge in [-0.25, -0.2) is 8.78 Å². The molecule has 0 N–H and O–H groups in total. The Bertz CT molecular complexity index is 487. The first-order chi connectivity index (χ1) is 8.58. The highest BCUT2D eigenvalue weighted by Crippen LogP contribution is 2.37. The van der Waals surface area contributed by atoms with Crippen LogP contribution < -0.4 is 0 Å². The number of rotatable bonds is 3. The molecule has 19 heavy (non-hydrogen) atoms. The summed E-state index contributed by atoms with van der Waals surface area (Å²) < 4.78 is 33.4. The summed E-state index contributed by atoms with van der Waals surface area (Å²) in [5.74, 6) is 0.927. The second-order valence-electron chi connectivity index (χ2n) is 6.11. The highest BCUT2D eigenvalue weighted by atomic mass is 28.4. The van der Waals surface area contributed by atoms with Gasteiger partial charge in [-0.15, -0.1) is 6.42 Å². The Hall–Kier alpha value is -1.18. The molecule has 0 aliphatic carbocycles. The molecule has 0 bridgehead atoms. The third-order valence-corrected chi connectivity index (χ3v) is 8.17. The zero-order valence-electron chi connectivity index (χ0n) is 12.1. The molecule has 1 rings (SSSR count). The van der Waals surface area contributed by atoms with Gasteiger partial charge in [0.05, 0.1) is 6.61 Å². The number of benzene rings is 1. The molecule has 1 aromatic rings. The summed E-state index contributed by atoms with van der Waals surface area (Å²) in [6.45, 7) is 10.3. The highest BCUT2D eigenvalue weighted by molar-refractivity contribution is 6.74. The van der Waals surface area contributed by atoms with E-state index in [-0.39, 0.29) is 22.8 Å². The SMILES string of the molecule is C#Cc1cc(F)c(CO[Si](C)(C)C(C)(C)C)c(F)c1. The van der Waals surface area contributed by atoms with Gasteiger partial charge in [0.15, 0.2) is 8.32 Å². The quantitative estimate of drug-likeness (QED) is 0.587. The third kappa shape index (κ3) is 3.65. The third-order valence-electron chi connectivity index (χ3n) is 3.69. The fraction of sp³-hybridized carbons (Fsp3) is 0.467. The topological polar surface area (TPSA) is 9.23 Å². The average molecular weight is 282 g/mol. The van der Waals surface area contributed by atoms with Gasteiger partial charge in [0.1, 0.15) is 11.6 Å². The second kappa shape index (κ2) is 5.44. The van der Waals surface area contributed by atoms with Gasteiger partial charge < -0.3 is 4.43 Å². The van der Waals surface area contributed by atoms with E-state index >= 15 is 0 Å². The monoisotopic (exact) mass is 282 g/mol. The Morgan fingerprint density at radius 1 is 1.21 bits per heavy atom. The summed E-state index contributed by atoms with van der Waals surface area (Å²) in [6.07, 6.45) is 5.13. The summed E-state index contributed by atoms with van der Waals surface area (Å²) in [6, 6.07) is 2.32. The summed E-state index contributed by atoms with van der Waals surface area (Å²) in [4.78, 5) is 0. The van der Waals surface area contributed by atoms with E-state index in [1.807, 2.05) is 13.1 Å². The minimum atomic E-state index is -2.03. The average Bonchev–Trinajstić information content (AvgIpc) is 2.25. The van der Waals surface area contributed by atoms with Crippen molar-refractivity contribution in [2.45, 2.75) is 45.5 Å². The van der Waals surface area contributed by atoms with Crippen LogP contribution >= 0.6 is 0 Å². The summed E-state index contributed by atoms with van der Waals surface area (Å²) in [5.41, 5.74) is 0.148. The van der Waals surface area contributed by atoms with Gasteiger partial charge in [-0.3, -0.25) is 0 Å². The van der Waals surface area contributed by atoms with Crippen LogP contribution in [-0.2, 0) is 11.0 Å². The van der Waals surface area contributed by atoms with Crippen LogP contribution in [0.5, 0.6) is 0 Å². The Kier molecular flexibility index (Phi) is 4.54. The summed E-state index contributed by atoms with van der Waals surface area (Å²) in [5, 5.41) is -0.00128. The van der Waals surface area contributed by atoms with Gasteiger partial charge in [0.2, 0.25) is 0 Å². The van der Waals surface area contributed by atoms with Crippen LogP contribution in [0.1, 0.15) is 31.9 Å². The zero-order chi connectivity index (χ0) is 14.8. The van der Waals surface area contributed by atoms with Crippen molar-refractivity contribution in [3.05, 3.63) is 34.9 Å². The minimum absolute atomic E-state index is 0.00128. The van der Waals surface area contributed by atoms with E-state index < -0.39 is 20.0 Å². The largest absolute Gasteiger partial charge is 0.412 e. The van der Waals surface area contributed by atoms with Gasteiger partial charge in [0.25, 0.3) is 0 Å². The maximum atomic E-state index is 13.8. The minimum Gasteiger partial charge on any atom is -0.412 e. The van der Waals surface area contributed by atoms with Crippen molar-refractivity contribution < 1.29 is 13.2 Å². The molecule has 1 nitrogen and oxygen atoms in total. The molecule has 0 aliphatic rings. The zero-order valence-corrected chi connectivity index (χ0v) is 13.1. The molecule has 0 atom stereocenters. The van der Waals surface area contributed by atoms with Crippen molar-refractivity contribution in [2.75, 3.05) is 0 Å². The van der Waals surface area contributed by atoms with Gasteiger partial charge in [-0.05, 0) is 30.3 Å². The smallest absolute Gasteiger partial charge is 0.192 e. The number of hydrogen-bond acceptors (Lipinski definition) is 1. The lowest BCUT2D eigenvalue weighted by molar-refractivity contribution is 0.265. The van der Waals surface area contributed by atoms with E-state index in [1.54, 1.807) is 0 Å². The van der Waals surface area contributed by atoms with Crippen molar-refractivity contribution >= 4 is 8.32 Å². The molecule has 0 spiro atoms. The van der Waals surface area contributed by atoms with Crippen molar-refractivity contribution in [3.8, 4) is 12.3 Å². The maximum Gasteiger partial charge on any atom is 0.192 e. The van der Waals surface area contributed by atoms with E-state index in [9.17, 15) is 8.78 Å². The standard InChI is InChI=1S/C15H20F2OSi/c1-7-11-8-13(16)12(14(17)9-11)10-18-19(5,6)15(2,3)4/h1,8-9H,10H2,2-6H3. The van der Waals surface area contributed by atoms with Crippen molar-refractivity contribution in [3.63, 3.8) is 0 Å². The predicted octanol–water partition coefficient (Wildman–Crippen LogP) is 4.47. The van der Waals surface area contributed by atoms with Crippen LogP contribution in [-0.4, -0.2) is 8.32 Å². The lowest BCUT2D eigenvalue weighted by Gasteiger charge is -2.36. The normalized spacial score (nSPS) is 12.3. The van der Waals surface area contributed by atoms with E-state index in [0.29, 0.717) is 0 Å². The van der Waals surface area contributed by atoms with Crippen molar-refractivity contribution in [1.82, 2.24) is 0 Å². The maximum absolute atomic E-state index is 13.8. The Morgan fingerprint density at radius 3 is 2.05 bits per heavy atom. The van der Waals surface area contributed by atoms with E-state index in [0.717, 1.165) is 12.1 Å². The molecule has 0 saturated heterocycles. The number of hydrogen-bond donors (Lipinski definition) is 0. The van der Waals surface area contributed by atoms with Crippen LogP contribution in [0, 0.1) is 24.0 Å². The predicted molar refractivity (Wildman–Crippen MR) is 76.3 cm³/mol. The Morgan fingerprint density at radius 2 is 1.68 bits per heavy atom. The first kappa shape index (κ1) is 15.9. The first-order valence-electron chi connectivity index (χ1n) is 6.17. The molecule has 0 amide bonds. The number of halogens is 2. The molecule has 0 heterocycles. The van der Waals surface area contributed by atoms with Crippen molar-refractivity contribution in [1.29, 1.82) is 0 Å². The van der Waals surface area contributed by atoms with Gasteiger partial charge in [0, 0.05) is 11.1 Å². The summed E-state index contributed by atoms with van der Waals surface area (Å²) in [7, 11) is -2.03. The number of terminal acetylenes is 1. The lowest BCUT2D eigenvalue weighted by Crippen LogP contribution is -2.40. The van der Waals surface area contributed by atoms with Crippen LogP contribution in [0.25, 0.3) is 0 Å². The molecule has 0 fully saturated rings. The van der Waals surface area contributed by atoms with Gasteiger partial charge in [-0.1, -0.05) is 26.7 Å². The molecule has 104 valence electrons. The van der Waals surface area contributed by atoms with E-state index in [1.165, 1.54) is 0 Å². The molecule has 0 aliphatic heterocycles. The Balaban J connectivity index is 2.94. The van der Waals surface area contributed by atoms with E-state index in [2.05, 4.69) is 26.7 Å². The lowest BCUT2D eigenvalue weighted by atomic mass is 10.1. The van der Waals surface area contributed by atoms with Crippen LogP contribution in [0.3, 0.4) is 0 Å². The molecule has 0 unspecified atom stereocenters. The molecular weight excluding hydrogens is 262 g/mol. The van der Waals surface area contributed by atoms with Gasteiger partial charge in [-0.2, -0.15) is 0 Å². The van der Waals surface area contributed by atoms with Crippen LogP contribution in [0.4, 0.5) is 8.78 Å². The molecule has 4 heteroatoms. The fourth-order valence-corrected chi connectivity index (χ4v) is 2.23. The van der Waals surface area contributed by atoms with Crippen LogP contribution in [0.15, 0.2) is 12.1 Å². The molecule has 0 radical (unpaired) electrons. The van der Waals surface area contributed by atoms with Crippen LogP contribution in [0.2, 0.25) is 18.1 Å². The second-order valence-corrected chi connectivity index (χ2v) is 10.9. The molecular formula is C15H20F2OSi. The fourth-order valence-electron chi connectivity index (χ4n) is 1.29. The Labute approximate surface area is 115 Å². The summed E-state index contributed by atoms with van der Waals surface area (Å²) >= 11 is 0. The van der Waals surface area contributed by atoms with Crippen molar-refractivity contribution in [2.24, 2.45) is 0 Å². The molecule has 0 aromatic heterocycles. The highest BCUT2D eigenvalue weighted by Gasteiger charge is 2.37.